The number of anilines is 1. The van der Waals surface area contributed by atoms with Gasteiger partial charge in [0.1, 0.15) is 23.3 Å². The fourth-order valence-corrected chi connectivity index (χ4v) is 3.72. The van der Waals surface area contributed by atoms with Gasteiger partial charge in [-0.05, 0) is 66.9 Å². The summed E-state index contributed by atoms with van der Waals surface area (Å²) in [7, 11) is 0. The first kappa shape index (κ1) is 21.4. The summed E-state index contributed by atoms with van der Waals surface area (Å²) in [6, 6.07) is 16.6. The summed E-state index contributed by atoms with van der Waals surface area (Å²) in [6.45, 7) is 6.60. The number of carbonyl (C=O) groups is 2. The smallest absolute Gasteiger partial charge is 0.300 e. The molecule has 1 N–H and O–H groups in total. The van der Waals surface area contributed by atoms with Gasteiger partial charge in [0.2, 0.25) is 0 Å². The highest BCUT2D eigenvalue weighted by Gasteiger charge is 2.48. The van der Waals surface area contributed by atoms with Crippen molar-refractivity contribution in [1.29, 1.82) is 0 Å². The minimum Gasteiger partial charge on any atom is -0.507 e. The number of furan rings is 1. The summed E-state index contributed by atoms with van der Waals surface area (Å²) >= 11 is 0. The number of aliphatic hydroxyl groups excluding tert-OH is 1. The molecule has 0 spiro atoms. The van der Waals surface area contributed by atoms with E-state index in [0.717, 1.165) is 5.56 Å². The van der Waals surface area contributed by atoms with Crippen LogP contribution in [0.3, 0.4) is 0 Å². The van der Waals surface area contributed by atoms with E-state index in [-0.39, 0.29) is 11.3 Å². The van der Waals surface area contributed by atoms with Crippen molar-refractivity contribution in [2.45, 2.75) is 26.8 Å². The van der Waals surface area contributed by atoms with Crippen LogP contribution in [0.1, 0.15) is 36.8 Å². The van der Waals surface area contributed by atoms with E-state index in [9.17, 15) is 14.7 Å². The minimum atomic E-state index is -0.872. The molecule has 6 nitrogen and oxygen atoms in total. The second kappa shape index (κ2) is 8.75. The fraction of sp³-hybridized carbons (Fsp3) is 0.231. The number of nitrogens with zero attached hydrogens (tertiary/aromatic N) is 1. The van der Waals surface area contributed by atoms with E-state index in [0.29, 0.717) is 35.3 Å². The van der Waals surface area contributed by atoms with Gasteiger partial charge in [-0.15, -0.1) is 0 Å². The van der Waals surface area contributed by atoms with Crippen LogP contribution in [0.2, 0.25) is 0 Å². The molecule has 1 atom stereocenters. The van der Waals surface area contributed by atoms with Crippen LogP contribution in [0.15, 0.2) is 76.9 Å². The number of hydrogen-bond acceptors (Lipinski definition) is 5. The molecule has 6 heteroatoms. The number of carbonyl (C=O) groups excluding carboxylic acids is 2. The van der Waals surface area contributed by atoms with Crippen LogP contribution in [-0.2, 0) is 9.59 Å². The van der Waals surface area contributed by atoms with Crippen LogP contribution in [0.5, 0.6) is 5.75 Å². The fourth-order valence-electron chi connectivity index (χ4n) is 3.72. The van der Waals surface area contributed by atoms with Crippen molar-refractivity contribution < 1.29 is 23.8 Å². The third-order valence-corrected chi connectivity index (χ3v) is 5.25. The topological polar surface area (TPSA) is 80.0 Å². The van der Waals surface area contributed by atoms with Gasteiger partial charge in [0.25, 0.3) is 11.7 Å². The number of amides is 1. The van der Waals surface area contributed by atoms with Crippen molar-refractivity contribution in [3.63, 3.8) is 0 Å². The van der Waals surface area contributed by atoms with Crippen LogP contribution < -0.4 is 9.64 Å². The first-order valence-corrected chi connectivity index (χ1v) is 10.5. The summed E-state index contributed by atoms with van der Waals surface area (Å²) < 4.78 is 11.3. The van der Waals surface area contributed by atoms with Crippen molar-refractivity contribution in [3.8, 4) is 5.75 Å². The van der Waals surface area contributed by atoms with E-state index in [1.165, 1.54) is 11.2 Å². The van der Waals surface area contributed by atoms with Crippen LogP contribution >= 0.6 is 0 Å². The average molecular weight is 431 g/mol. The third-order valence-electron chi connectivity index (χ3n) is 5.25. The Kier molecular flexibility index (Phi) is 5.86. The molecule has 1 aliphatic rings. The summed E-state index contributed by atoms with van der Waals surface area (Å²) in [5.41, 5.74) is 1.91. The monoisotopic (exact) mass is 431 g/mol. The lowest BCUT2D eigenvalue weighted by Gasteiger charge is -2.23. The van der Waals surface area contributed by atoms with E-state index in [1.54, 1.807) is 42.5 Å². The number of aliphatic hydroxyl groups is 1. The second-order valence-electron chi connectivity index (χ2n) is 8.25. The Morgan fingerprint density at radius 1 is 1.09 bits per heavy atom. The van der Waals surface area contributed by atoms with Crippen LogP contribution in [-0.4, -0.2) is 23.4 Å². The zero-order chi connectivity index (χ0) is 22.8. The average Bonchev–Trinajstić information content (AvgIpc) is 3.39. The largest absolute Gasteiger partial charge is 0.507 e. The molecule has 0 bridgehead atoms. The van der Waals surface area contributed by atoms with Crippen LogP contribution in [0.4, 0.5) is 5.69 Å². The molecule has 0 radical (unpaired) electrons. The molecule has 2 aromatic carbocycles. The maximum absolute atomic E-state index is 13.1. The van der Waals surface area contributed by atoms with E-state index in [2.05, 4.69) is 13.8 Å². The Morgan fingerprint density at radius 2 is 1.84 bits per heavy atom. The van der Waals surface area contributed by atoms with E-state index in [4.69, 9.17) is 9.15 Å². The highest BCUT2D eigenvalue weighted by molar-refractivity contribution is 6.51. The maximum atomic E-state index is 13.1. The molecule has 4 rings (SSSR count). The number of rotatable bonds is 6. The van der Waals surface area contributed by atoms with Crippen molar-refractivity contribution in [3.05, 3.63) is 89.4 Å². The van der Waals surface area contributed by atoms with Crippen molar-refractivity contribution in [2.75, 3.05) is 11.5 Å². The molecule has 1 unspecified atom stereocenters. The highest BCUT2D eigenvalue weighted by atomic mass is 16.5. The first-order valence-electron chi connectivity index (χ1n) is 10.5. The van der Waals surface area contributed by atoms with Crippen molar-refractivity contribution >= 4 is 23.1 Å². The molecule has 1 amide bonds. The number of Topliss-reactive ketones (excluding diaryl/α,β-unsaturated/α-hetero) is 1. The first-order chi connectivity index (χ1) is 15.4. The zero-order valence-electron chi connectivity index (χ0n) is 18.2. The van der Waals surface area contributed by atoms with Gasteiger partial charge in [0.15, 0.2) is 0 Å². The molecule has 3 aromatic rings. The molecule has 0 saturated carbocycles. The van der Waals surface area contributed by atoms with Gasteiger partial charge in [-0.2, -0.15) is 0 Å². The molecule has 1 aromatic heterocycles. The number of ketones is 1. The molecule has 0 aliphatic carbocycles. The number of hydrogen-bond donors (Lipinski definition) is 1. The van der Waals surface area contributed by atoms with Gasteiger partial charge >= 0.3 is 0 Å². The predicted molar refractivity (Wildman–Crippen MR) is 121 cm³/mol. The molecule has 1 aliphatic heterocycles. The third kappa shape index (κ3) is 4.04. The van der Waals surface area contributed by atoms with Gasteiger partial charge in [0, 0.05) is 11.3 Å². The normalized spacial score (nSPS) is 17.9. The summed E-state index contributed by atoms with van der Waals surface area (Å²) in [5.74, 6) is -0.285. The molecule has 2 heterocycles. The lowest BCUT2D eigenvalue weighted by Crippen LogP contribution is -2.29. The molecule has 32 heavy (non-hydrogen) atoms. The van der Waals surface area contributed by atoms with Crippen LogP contribution in [0, 0.1) is 12.8 Å². The van der Waals surface area contributed by atoms with Crippen molar-refractivity contribution in [1.82, 2.24) is 0 Å². The SMILES string of the molecule is Cc1cccc(N2C(=O)C(=O)/C(=C(\O)c3ccc(OCC(C)C)cc3)C2c2ccco2)c1. The Hall–Kier alpha value is -3.80. The maximum Gasteiger partial charge on any atom is 0.300 e. The van der Waals surface area contributed by atoms with Gasteiger partial charge in [-0.3, -0.25) is 14.5 Å². The Morgan fingerprint density at radius 3 is 2.47 bits per heavy atom. The Balaban J connectivity index is 1.78. The lowest BCUT2D eigenvalue weighted by atomic mass is 9.99. The molecule has 164 valence electrons. The van der Waals surface area contributed by atoms with Crippen molar-refractivity contribution in [2.24, 2.45) is 5.92 Å². The quantitative estimate of drug-likeness (QED) is 0.328. The minimum absolute atomic E-state index is 0.0118. The van der Waals surface area contributed by atoms with Gasteiger partial charge < -0.3 is 14.3 Å². The van der Waals surface area contributed by atoms with Gasteiger partial charge in [-0.25, -0.2) is 0 Å². The van der Waals surface area contributed by atoms with Gasteiger partial charge in [-0.1, -0.05) is 26.0 Å². The summed E-state index contributed by atoms with van der Waals surface area (Å²) in [5, 5.41) is 11.1. The summed E-state index contributed by atoms with van der Waals surface area (Å²) in [6.07, 6.45) is 1.48. The Bertz CT molecular complexity index is 1160. The lowest BCUT2D eigenvalue weighted by molar-refractivity contribution is -0.132. The van der Waals surface area contributed by atoms with E-state index in [1.807, 2.05) is 25.1 Å². The van der Waals surface area contributed by atoms with E-state index < -0.39 is 17.7 Å². The van der Waals surface area contributed by atoms with E-state index >= 15 is 0 Å². The Labute approximate surface area is 186 Å². The summed E-state index contributed by atoms with van der Waals surface area (Å²) in [4.78, 5) is 27.5. The molecular formula is C26H25NO5. The number of aryl methyl sites for hydroxylation is 1. The molecule has 1 fully saturated rings. The highest BCUT2D eigenvalue weighted by Crippen LogP contribution is 2.42. The standard InChI is InChI=1S/C26H25NO5/c1-16(2)15-32-20-11-9-18(10-12-20)24(28)22-23(21-8-5-13-31-21)27(26(30)25(22)29)19-7-4-6-17(3)14-19/h4-14,16,23,28H,15H2,1-3H3/b24-22-. The zero-order valence-corrected chi connectivity index (χ0v) is 18.2. The second-order valence-corrected chi connectivity index (χ2v) is 8.25. The molecule has 1 saturated heterocycles. The predicted octanol–water partition coefficient (Wildman–Crippen LogP) is 5.25. The van der Waals surface area contributed by atoms with Crippen LogP contribution in [0.25, 0.3) is 5.76 Å². The number of ether oxygens (including phenoxy) is 1. The number of benzene rings is 2. The molecular weight excluding hydrogens is 406 g/mol. The van der Waals surface area contributed by atoms with Gasteiger partial charge in [0.05, 0.1) is 18.4 Å².